The Bertz CT molecular complexity index is 1190. The van der Waals surface area contributed by atoms with Crippen LogP contribution >= 0.6 is 0 Å². The molecule has 0 amide bonds. The van der Waals surface area contributed by atoms with Crippen molar-refractivity contribution in [3.8, 4) is 5.75 Å². The van der Waals surface area contributed by atoms with Gasteiger partial charge >= 0.3 is 0 Å². The predicted molar refractivity (Wildman–Crippen MR) is 116 cm³/mol. The van der Waals surface area contributed by atoms with Crippen molar-refractivity contribution in [2.75, 3.05) is 5.43 Å². The second-order valence-electron chi connectivity index (χ2n) is 7.59. The van der Waals surface area contributed by atoms with Gasteiger partial charge in [-0.25, -0.2) is 5.43 Å². The Hall–Kier alpha value is -3.48. The number of nitrogens with one attached hydrogen (secondary N) is 1. The summed E-state index contributed by atoms with van der Waals surface area (Å²) in [4.78, 5) is 4.68. The second kappa shape index (κ2) is 7.87. The van der Waals surface area contributed by atoms with E-state index >= 15 is 0 Å². The Morgan fingerprint density at radius 2 is 2.00 bits per heavy atom. The lowest BCUT2D eigenvalue weighted by Gasteiger charge is -2.09. The quantitative estimate of drug-likeness (QED) is 0.375. The molecule has 0 atom stereocenters. The van der Waals surface area contributed by atoms with E-state index < -0.39 is 0 Å². The summed E-state index contributed by atoms with van der Waals surface area (Å²) < 4.78 is 2.21. The van der Waals surface area contributed by atoms with Crippen molar-refractivity contribution in [2.45, 2.75) is 33.7 Å². The molecule has 0 aliphatic rings. The van der Waals surface area contributed by atoms with Gasteiger partial charge < -0.3 is 9.67 Å². The van der Waals surface area contributed by atoms with Gasteiger partial charge in [0.05, 0.1) is 11.7 Å². The van der Waals surface area contributed by atoms with Crippen LogP contribution in [0.15, 0.2) is 47.6 Å². The average Bonchev–Trinajstić information content (AvgIpc) is 3.00. The summed E-state index contributed by atoms with van der Waals surface area (Å²) in [6.45, 7) is 7.36. The Morgan fingerprint density at radius 1 is 1.17 bits per heavy atom. The molecule has 2 N–H and O–H groups in total. The number of aryl methyl sites for hydroxylation is 2. The van der Waals surface area contributed by atoms with Gasteiger partial charge in [0, 0.05) is 17.5 Å². The summed E-state index contributed by atoms with van der Waals surface area (Å²) in [5.41, 5.74) is 7.31. The Kier molecular flexibility index (Phi) is 5.12. The first kappa shape index (κ1) is 18.9. The fraction of sp³-hybridized carbons (Fsp3) is 0.273. The molecule has 2 aromatic carbocycles. The molecule has 0 unspecified atom stereocenters. The molecule has 0 aliphatic heterocycles. The number of fused-ring (bicyclic) bond motifs is 3. The highest BCUT2D eigenvalue weighted by atomic mass is 16.3. The van der Waals surface area contributed by atoms with E-state index in [0.717, 1.165) is 35.0 Å². The van der Waals surface area contributed by atoms with Crippen LogP contribution in [0, 0.1) is 12.8 Å². The topological polar surface area (TPSA) is 88.2 Å². The summed E-state index contributed by atoms with van der Waals surface area (Å²) in [7, 11) is 0. The fourth-order valence-electron chi connectivity index (χ4n) is 3.29. The molecular formula is C22H24N6O. The highest BCUT2D eigenvalue weighted by Gasteiger charge is 2.15. The lowest BCUT2D eigenvalue weighted by atomic mass is 10.1. The highest BCUT2D eigenvalue weighted by molar-refractivity contribution is 6.04. The molecule has 0 fully saturated rings. The largest absolute Gasteiger partial charge is 0.507 e. The Balaban J connectivity index is 1.71. The minimum Gasteiger partial charge on any atom is -0.507 e. The van der Waals surface area contributed by atoms with Crippen LogP contribution in [0.25, 0.3) is 22.1 Å². The van der Waals surface area contributed by atoms with Crippen molar-refractivity contribution >= 4 is 34.2 Å². The minimum atomic E-state index is 0.164. The van der Waals surface area contributed by atoms with Crippen LogP contribution in [-0.2, 0) is 6.54 Å². The van der Waals surface area contributed by atoms with Gasteiger partial charge in [-0.3, -0.25) is 0 Å². The van der Waals surface area contributed by atoms with E-state index in [-0.39, 0.29) is 5.75 Å². The molecule has 0 bridgehead atoms. The zero-order valence-corrected chi connectivity index (χ0v) is 16.8. The number of hydrogen-bond acceptors (Lipinski definition) is 6. The number of para-hydroxylation sites is 1. The van der Waals surface area contributed by atoms with Gasteiger partial charge in [0.25, 0.3) is 5.95 Å². The number of anilines is 1. The zero-order valence-electron chi connectivity index (χ0n) is 16.8. The number of benzene rings is 2. The standard InChI is InChI=1S/C22H24N6O/c1-14(2)10-11-28-18-9-8-15(3)12-17(18)20-21(28)24-22(27-25-20)26-23-13-16-6-4-5-7-19(16)29/h4-9,12-14,29H,10-11H2,1-3H3,(H,24,26,27)/b23-13+. The SMILES string of the molecule is Cc1ccc2c(c1)c1nnc(N/N=C/c3ccccc3O)nc1n2CCC(C)C. The van der Waals surface area contributed by atoms with Crippen molar-refractivity contribution in [1.82, 2.24) is 19.7 Å². The van der Waals surface area contributed by atoms with Crippen molar-refractivity contribution in [3.05, 3.63) is 53.6 Å². The molecule has 0 radical (unpaired) electrons. The van der Waals surface area contributed by atoms with Crippen LogP contribution in [-0.4, -0.2) is 31.1 Å². The number of phenolic OH excluding ortho intramolecular Hbond substituents is 1. The molecule has 7 heteroatoms. The van der Waals surface area contributed by atoms with Gasteiger partial charge in [0.2, 0.25) is 0 Å². The molecule has 0 aliphatic carbocycles. The summed E-state index contributed by atoms with van der Waals surface area (Å²) in [6.07, 6.45) is 2.57. The Labute approximate surface area is 169 Å². The van der Waals surface area contributed by atoms with E-state index in [1.165, 1.54) is 11.8 Å². The Morgan fingerprint density at radius 3 is 2.79 bits per heavy atom. The molecule has 0 saturated heterocycles. The highest BCUT2D eigenvalue weighted by Crippen LogP contribution is 2.28. The van der Waals surface area contributed by atoms with Crippen LogP contribution in [0.4, 0.5) is 5.95 Å². The predicted octanol–water partition coefficient (Wildman–Crippen LogP) is 4.49. The zero-order chi connectivity index (χ0) is 20.4. The maximum absolute atomic E-state index is 9.83. The first-order valence-corrected chi connectivity index (χ1v) is 9.73. The lowest BCUT2D eigenvalue weighted by Crippen LogP contribution is -2.05. The molecule has 29 heavy (non-hydrogen) atoms. The van der Waals surface area contributed by atoms with Crippen molar-refractivity contribution < 1.29 is 5.11 Å². The third-order valence-corrected chi connectivity index (χ3v) is 4.86. The van der Waals surface area contributed by atoms with Gasteiger partial charge in [-0.05, 0) is 43.5 Å². The summed E-state index contributed by atoms with van der Waals surface area (Å²) in [6, 6.07) is 13.3. The van der Waals surface area contributed by atoms with E-state index in [9.17, 15) is 5.11 Å². The number of nitrogens with zero attached hydrogens (tertiary/aromatic N) is 5. The first-order valence-electron chi connectivity index (χ1n) is 9.73. The van der Waals surface area contributed by atoms with Gasteiger partial charge in [0.1, 0.15) is 11.3 Å². The molecule has 4 rings (SSSR count). The van der Waals surface area contributed by atoms with Gasteiger partial charge in [-0.2, -0.15) is 10.1 Å². The second-order valence-corrected chi connectivity index (χ2v) is 7.59. The van der Waals surface area contributed by atoms with Crippen LogP contribution in [0.3, 0.4) is 0 Å². The third kappa shape index (κ3) is 3.89. The number of hydrazone groups is 1. The average molecular weight is 388 g/mol. The molecule has 4 aromatic rings. The molecule has 148 valence electrons. The maximum atomic E-state index is 9.83. The van der Waals surface area contributed by atoms with Crippen LogP contribution in [0.1, 0.15) is 31.4 Å². The summed E-state index contributed by atoms with van der Waals surface area (Å²) in [5.74, 6) is 1.06. The first-order chi connectivity index (χ1) is 14.0. The summed E-state index contributed by atoms with van der Waals surface area (Å²) in [5, 5.41) is 23.6. The minimum absolute atomic E-state index is 0.164. The molecule has 7 nitrogen and oxygen atoms in total. The van der Waals surface area contributed by atoms with Crippen LogP contribution in [0.2, 0.25) is 0 Å². The molecule has 0 spiro atoms. The van der Waals surface area contributed by atoms with Crippen molar-refractivity contribution in [3.63, 3.8) is 0 Å². The number of hydrogen-bond donors (Lipinski definition) is 2. The monoisotopic (exact) mass is 388 g/mol. The smallest absolute Gasteiger partial charge is 0.265 e. The van der Waals surface area contributed by atoms with Gasteiger partial charge in [-0.1, -0.05) is 37.6 Å². The van der Waals surface area contributed by atoms with Crippen molar-refractivity contribution in [2.24, 2.45) is 11.0 Å². The van der Waals surface area contributed by atoms with E-state index in [1.807, 2.05) is 6.07 Å². The lowest BCUT2D eigenvalue weighted by molar-refractivity contribution is 0.474. The molecule has 2 heterocycles. The van der Waals surface area contributed by atoms with E-state index in [0.29, 0.717) is 17.4 Å². The normalized spacial score (nSPS) is 11.9. The fourth-order valence-corrected chi connectivity index (χ4v) is 3.29. The van der Waals surface area contributed by atoms with E-state index in [1.54, 1.807) is 18.2 Å². The van der Waals surface area contributed by atoms with Crippen molar-refractivity contribution in [1.29, 1.82) is 0 Å². The molecule has 0 saturated carbocycles. The number of phenols is 1. The van der Waals surface area contributed by atoms with E-state index in [2.05, 4.69) is 69.2 Å². The molecular weight excluding hydrogens is 364 g/mol. The number of rotatable bonds is 6. The molecule has 2 aromatic heterocycles. The van der Waals surface area contributed by atoms with Crippen LogP contribution in [0.5, 0.6) is 5.75 Å². The van der Waals surface area contributed by atoms with E-state index in [4.69, 9.17) is 0 Å². The van der Waals surface area contributed by atoms with Gasteiger partial charge in [0.15, 0.2) is 5.65 Å². The number of aromatic hydroxyl groups is 1. The summed E-state index contributed by atoms with van der Waals surface area (Å²) >= 11 is 0. The third-order valence-electron chi connectivity index (χ3n) is 4.86. The maximum Gasteiger partial charge on any atom is 0.265 e. The number of aromatic nitrogens is 4. The van der Waals surface area contributed by atoms with Gasteiger partial charge in [-0.15, -0.1) is 10.2 Å². The van der Waals surface area contributed by atoms with Crippen LogP contribution < -0.4 is 5.43 Å².